The Morgan fingerprint density at radius 1 is 1.06 bits per heavy atom. The number of rotatable bonds is 3. The molecule has 2 aromatic rings. The topological polar surface area (TPSA) is 73.2 Å². The standard InChI is InChI=1S/C28H31N3O3/c1-17-18(15-20-23(26(33)34)29-31(25(20)32)19-9-7-6-8-10-19)16-21-24-22(17)28(4,5)12-14-30(24)13-11-27(21,2)3/h6-10,15-16H,11-14H2,1-5H3,(H,33,34)/b20-15-. The van der Waals surface area contributed by atoms with Crippen LogP contribution in [0.1, 0.15) is 62.8 Å². The smallest absolute Gasteiger partial charge is 0.357 e. The summed E-state index contributed by atoms with van der Waals surface area (Å²) in [5.41, 5.74) is 6.35. The van der Waals surface area contributed by atoms with E-state index in [2.05, 4.69) is 50.7 Å². The van der Waals surface area contributed by atoms with Crippen LogP contribution in [0.2, 0.25) is 0 Å². The SMILES string of the molecule is Cc1c(/C=C2\C(=O)N(c3ccccc3)N=C2C(=O)O)cc2c3c1C(C)(C)CCN3CCC2(C)C. The predicted octanol–water partition coefficient (Wildman–Crippen LogP) is 5.03. The van der Waals surface area contributed by atoms with E-state index in [1.807, 2.05) is 6.07 Å². The Hall–Kier alpha value is -3.41. The van der Waals surface area contributed by atoms with Gasteiger partial charge >= 0.3 is 5.97 Å². The van der Waals surface area contributed by atoms with Crippen molar-refractivity contribution in [2.75, 3.05) is 23.0 Å². The van der Waals surface area contributed by atoms with Crippen LogP contribution in [0, 0.1) is 6.92 Å². The molecule has 3 heterocycles. The molecule has 6 nitrogen and oxygen atoms in total. The molecule has 6 heteroatoms. The van der Waals surface area contributed by atoms with Crippen LogP contribution in [0.3, 0.4) is 0 Å². The van der Waals surface area contributed by atoms with E-state index in [1.54, 1.807) is 30.3 Å². The maximum absolute atomic E-state index is 13.4. The highest BCUT2D eigenvalue weighted by Crippen LogP contribution is 2.51. The number of aliphatic carboxylic acids is 1. The van der Waals surface area contributed by atoms with E-state index in [-0.39, 0.29) is 22.1 Å². The van der Waals surface area contributed by atoms with Crippen LogP contribution in [-0.2, 0) is 20.4 Å². The normalized spacial score (nSPS) is 21.5. The van der Waals surface area contributed by atoms with Crippen LogP contribution in [-0.4, -0.2) is 35.8 Å². The third kappa shape index (κ3) is 3.35. The van der Waals surface area contributed by atoms with Crippen molar-refractivity contribution >= 4 is 35.0 Å². The highest BCUT2D eigenvalue weighted by molar-refractivity contribution is 6.53. The zero-order valence-electron chi connectivity index (χ0n) is 20.5. The molecule has 0 aromatic heterocycles. The average Bonchev–Trinajstić information content (AvgIpc) is 3.10. The van der Waals surface area contributed by atoms with E-state index in [0.29, 0.717) is 5.69 Å². The molecule has 1 N–H and O–H groups in total. The van der Waals surface area contributed by atoms with Gasteiger partial charge in [0.15, 0.2) is 5.71 Å². The monoisotopic (exact) mass is 457 g/mol. The molecule has 0 unspecified atom stereocenters. The van der Waals surface area contributed by atoms with Gasteiger partial charge in [0.2, 0.25) is 0 Å². The van der Waals surface area contributed by atoms with Gasteiger partial charge in [-0.3, -0.25) is 4.79 Å². The first-order valence-electron chi connectivity index (χ1n) is 11.9. The maximum atomic E-state index is 13.4. The summed E-state index contributed by atoms with van der Waals surface area (Å²) in [6.45, 7) is 13.3. The van der Waals surface area contributed by atoms with Gasteiger partial charge in [0.25, 0.3) is 5.91 Å². The van der Waals surface area contributed by atoms with Gasteiger partial charge in [0.1, 0.15) is 0 Å². The van der Waals surface area contributed by atoms with Crippen LogP contribution in [0.4, 0.5) is 11.4 Å². The zero-order valence-corrected chi connectivity index (χ0v) is 20.5. The third-order valence-electron chi connectivity index (χ3n) is 7.72. The number of carboxylic acids is 1. The van der Waals surface area contributed by atoms with Gasteiger partial charge in [-0.15, -0.1) is 0 Å². The number of anilines is 2. The molecule has 0 saturated carbocycles. The molecule has 0 radical (unpaired) electrons. The average molecular weight is 458 g/mol. The molecule has 34 heavy (non-hydrogen) atoms. The molecule has 176 valence electrons. The molecule has 0 saturated heterocycles. The molecule has 3 aliphatic heterocycles. The van der Waals surface area contributed by atoms with Crippen LogP contribution in [0.5, 0.6) is 0 Å². The molecule has 0 spiro atoms. The minimum absolute atomic E-state index is 0.00552. The fraction of sp³-hybridized carbons (Fsp3) is 0.393. The Bertz CT molecular complexity index is 1270. The number of hydrogen-bond donors (Lipinski definition) is 1. The van der Waals surface area contributed by atoms with Gasteiger partial charge < -0.3 is 10.0 Å². The van der Waals surface area contributed by atoms with E-state index in [1.165, 1.54) is 21.8 Å². The summed E-state index contributed by atoms with van der Waals surface area (Å²) >= 11 is 0. The predicted molar refractivity (Wildman–Crippen MR) is 136 cm³/mol. The lowest BCUT2D eigenvalue weighted by atomic mass is 9.67. The number of carboxylic acid groups (broad SMARTS) is 1. The van der Waals surface area contributed by atoms with Crippen molar-refractivity contribution in [1.29, 1.82) is 0 Å². The van der Waals surface area contributed by atoms with Gasteiger partial charge in [0, 0.05) is 18.8 Å². The summed E-state index contributed by atoms with van der Waals surface area (Å²) in [6.07, 6.45) is 3.86. The molecule has 3 aliphatic rings. The summed E-state index contributed by atoms with van der Waals surface area (Å²) in [5.74, 6) is -1.63. The first-order valence-corrected chi connectivity index (χ1v) is 11.9. The first kappa shape index (κ1) is 22.4. The van der Waals surface area contributed by atoms with Gasteiger partial charge in [-0.1, -0.05) is 45.9 Å². The quantitative estimate of drug-likeness (QED) is 0.656. The Morgan fingerprint density at radius 3 is 2.35 bits per heavy atom. The van der Waals surface area contributed by atoms with Gasteiger partial charge in [-0.2, -0.15) is 10.1 Å². The number of amides is 1. The number of hydrogen-bond acceptors (Lipinski definition) is 4. The molecule has 1 amide bonds. The van der Waals surface area contributed by atoms with E-state index < -0.39 is 11.9 Å². The Balaban J connectivity index is 1.71. The number of carbonyl (C=O) groups excluding carboxylic acids is 1. The molecular formula is C28H31N3O3. The van der Waals surface area contributed by atoms with Crippen molar-refractivity contribution in [1.82, 2.24) is 0 Å². The Morgan fingerprint density at radius 2 is 1.71 bits per heavy atom. The second-order valence-corrected chi connectivity index (χ2v) is 10.9. The second-order valence-electron chi connectivity index (χ2n) is 10.9. The molecule has 0 fully saturated rings. The van der Waals surface area contributed by atoms with Gasteiger partial charge in [0.05, 0.1) is 11.3 Å². The summed E-state index contributed by atoms with van der Waals surface area (Å²) in [6, 6.07) is 11.1. The molecule has 5 rings (SSSR count). The second kappa shape index (κ2) is 7.55. The van der Waals surface area contributed by atoms with E-state index in [9.17, 15) is 14.7 Å². The van der Waals surface area contributed by atoms with Crippen molar-refractivity contribution in [3.8, 4) is 0 Å². The highest BCUT2D eigenvalue weighted by atomic mass is 16.4. The summed E-state index contributed by atoms with van der Waals surface area (Å²) in [7, 11) is 0. The molecule has 2 aromatic carbocycles. The minimum Gasteiger partial charge on any atom is -0.476 e. The van der Waals surface area contributed by atoms with Crippen molar-refractivity contribution in [2.24, 2.45) is 5.10 Å². The molecule has 0 aliphatic carbocycles. The largest absolute Gasteiger partial charge is 0.476 e. The Labute approximate surface area is 200 Å². The van der Waals surface area contributed by atoms with Crippen molar-refractivity contribution in [3.05, 3.63) is 64.2 Å². The number of benzene rings is 2. The van der Waals surface area contributed by atoms with E-state index in [4.69, 9.17) is 0 Å². The first-order chi connectivity index (χ1) is 16.0. The van der Waals surface area contributed by atoms with Crippen LogP contribution in [0.15, 0.2) is 47.1 Å². The lowest BCUT2D eigenvalue weighted by molar-refractivity contribution is -0.129. The third-order valence-corrected chi connectivity index (χ3v) is 7.72. The highest BCUT2D eigenvalue weighted by Gasteiger charge is 2.42. The lowest BCUT2D eigenvalue weighted by Crippen LogP contribution is -2.45. The van der Waals surface area contributed by atoms with Crippen LogP contribution >= 0.6 is 0 Å². The number of carbonyl (C=O) groups is 2. The fourth-order valence-electron chi connectivity index (χ4n) is 5.64. The fourth-order valence-corrected chi connectivity index (χ4v) is 5.64. The van der Waals surface area contributed by atoms with E-state index in [0.717, 1.165) is 37.1 Å². The molecular weight excluding hydrogens is 426 g/mol. The maximum Gasteiger partial charge on any atom is 0.357 e. The summed E-state index contributed by atoms with van der Waals surface area (Å²) in [4.78, 5) is 27.9. The van der Waals surface area contributed by atoms with Gasteiger partial charge in [-0.25, -0.2) is 4.79 Å². The van der Waals surface area contributed by atoms with Crippen molar-refractivity contribution in [3.63, 3.8) is 0 Å². The minimum atomic E-state index is -1.21. The van der Waals surface area contributed by atoms with Crippen LogP contribution in [0.25, 0.3) is 6.08 Å². The Kier molecular flexibility index (Phi) is 4.97. The number of nitrogens with zero attached hydrogens (tertiary/aromatic N) is 3. The number of hydrazone groups is 1. The van der Waals surface area contributed by atoms with Crippen molar-refractivity contribution in [2.45, 2.75) is 58.3 Å². The number of para-hydroxylation sites is 1. The summed E-state index contributed by atoms with van der Waals surface area (Å²) in [5, 5.41) is 15.2. The summed E-state index contributed by atoms with van der Waals surface area (Å²) < 4.78 is 0. The van der Waals surface area contributed by atoms with E-state index >= 15 is 0 Å². The zero-order chi connectivity index (χ0) is 24.4. The lowest BCUT2D eigenvalue weighted by Gasteiger charge is -2.49. The molecule has 0 bridgehead atoms. The van der Waals surface area contributed by atoms with Gasteiger partial charge in [-0.05, 0) is 77.1 Å². The van der Waals surface area contributed by atoms with Crippen molar-refractivity contribution < 1.29 is 14.7 Å². The van der Waals surface area contributed by atoms with Crippen LogP contribution < -0.4 is 9.91 Å². The molecule has 0 atom stereocenters.